The molecule has 0 aliphatic heterocycles. The van der Waals surface area contributed by atoms with Crippen LogP contribution in [0, 0.1) is 3.57 Å². The Balaban J connectivity index is 2.45. The van der Waals surface area contributed by atoms with Gasteiger partial charge in [0, 0.05) is 6.61 Å². The molecule has 5 heteroatoms. The van der Waals surface area contributed by atoms with Crippen LogP contribution in [0.15, 0.2) is 0 Å². The first-order valence-electron chi connectivity index (χ1n) is 7.49. The standard InChI is InChI=1S/C15H22ClIN2O/c1-3-11-12(17)13(16)19-14(18-11)15(20-4-2)9-7-5-6-8-10-15/h3-10H2,1-2H3. The van der Waals surface area contributed by atoms with Gasteiger partial charge in [0.05, 0.1) is 9.26 Å². The van der Waals surface area contributed by atoms with Gasteiger partial charge in [-0.25, -0.2) is 9.97 Å². The van der Waals surface area contributed by atoms with Crippen LogP contribution in [0.5, 0.6) is 0 Å². The Morgan fingerprint density at radius 2 is 1.80 bits per heavy atom. The average Bonchev–Trinajstić information content (AvgIpc) is 2.68. The van der Waals surface area contributed by atoms with Crippen LogP contribution in [0.25, 0.3) is 0 Å². The van der Waals surface area contributed by atoms with Gasteiger partial charge in [-0.05, 0) is 48.8 Å². The quantitative estimate of drug-likeness (QED) is 0.404. The molecule has 0 bridgehead atoms. The summed E-state index contributed by atoms with van der Waals surface area (Å²) in [4.78, 5) is 9.34. The molecular formula is C15H22ClIN2O. The zero-order valence-corrected chi connectivity index (χ0v) is 15.1. The van der Waals surface area contributed by atoms with Gasteiger partial charge in [-0.2, -0.15) is 0 Å². The second-order valence-corrected chi connectivity index (χ2v) is 6.73. The number of nitrogens with zero attached hydrogens (tertiary/aromatic N) is 2. The molecule has 1 aromatic rings. The molecule has 1 heterocycles. The van der Waals surface area contributed by atoms with E-state index in [1.165, 1.54) is 25.7 Å². The summed E-state index contributed by atoms with van der Waals surface area (Å²) >= 11 is 8.53. The van der Waals surface area contributed by atoms with Gasteiger partial charge in [0.25, 0.3) is 0 Å². The van der Waals surface area contributed by atoms with E-state index in [0.29, 0.717) is 11.8 Å². The Hall–Kier alpha value is 0.0600. The molecule has 1 fully saturated rings. The van der Waals surface area contributed by atoms with Crippen molar-refractivity contribution in [3.8, 4) is 0 Å². The zero-order chi connectivity index (χ0) is 14.6. The molecule has 0 unspecified atom stereocenters. The lowest BCUT2D eigenvalue weighted by molar-refractivity contribution is -0.0626. The Labute approximate surface area is 140 Å². The van der Waals surface area contributed by atoms with Gasteiger partial charge in [0.2, 0.25) is 0 Å². The van der Waals surface area contributed by atoms with E-state index >= 15 is 0 Å². The molecule has 1 saturated carbocycles. The fourth-order valence-corrected chi connectivity index (χ4v) is 3.72. The molecule has 0 atom stereocenters. The van der Waals surface area contributed by atoms with Gasteiger partial charge < -0.3 is 4.74 Å². The number of rotatable bonds is 4. The first-order valence-corrected chi connectivity index (χ1v) is 8.95. The molecule has 20 heavy (non-hydrogen) atoms. The van der Waals surface area contributed by atoms with Crippen LogP contribution in [0.4, 0.5) is 0 Å². The van der Waals surface area contributed by atoms with Gasteiger partial charge in [0.15, 0.2) is 5.82 Å². The van der Waals surface area contributed by atoms with Gasteiger partial charge in [-0.1, -0.05) is 44.2 Å². The molecule has 0 saturated heterocycles. The molecule has 1 aliphatic carbocycles. The maximum atomic E-state index is 6.31. The molecule has 1 aromatic heterocycles. The highest BCUT2D eigenvalue weighted by atomic mass is 127. The highest BCUT2D eigenvalue weighted by Gasteiger charge is 2.37. The van der Waals surface area contributed by atoms with E-state index in [2.05, 4.69) is 34.5 Å². The van der Waals surface area contributed by atoms with Crippen LogP contribution < -0.4 is 0 Å². The zero-order valence-electron chi connectivity index (χ0n) is 12.2. The third-order valence-corrected chi connectivity index (χ3v) is 5.68. The van der Waals surface area contributed by atoms with Crippen LogP contribution >= 0.6 is 34.2 Å². The van der Waals surface area contributed by atoms with Crippen molar-refractivity contribution in [3.63, 3.8) is 0 Å². The lowest BCUT2D eigenvalue weighted by atomic mass is 9.93. The van der Waals surface area contributed by atoms with E-state index < -0.39 is 0 Å². The van der Waals surface area contributed by atoms with Crippen molar-refractivity contribution in [1.29, 1.82) is 0 Å². The molecule has 0 spiro atoms. The Morgan fingerprint density at radius 1 is 1.15 bits per heavy atom. The molecule has 112 valence electrons. The molecule has 2 rings (SSSR count). The summed E-state index contributed by atoms with van der Waals surface area (Å²) in [7, 11) is 0. The minimum atomic E-state index is -0.330. The summed E-state index contributed by atoms with van der Waals surface area (Å²) in [6.07, 6.45) is 7.77. The fourth-order valence-electron chi connectivity index (χ4n) is 2.91. The Morgan fingerprint density at radius 3 is 2.35 bits per heavy atom. The van der Waals surface area contributed by atoms with Gasteiger partial charge in [-0.15, -0.1) is 0 Å². The highest BCUT2D eigenvalue weighted by molar-refractivity contribution is 14.1. The van der Waals surface area contributed by atoms with Crippen LogP contribution in [-0.4, -0.2) is 16.6 Å². The molecule has 0 amide bonds. The molecule has 0 N–H and O–H groups in total. The highest BCUT2D eigenvalue weighted by Crippen LogP contribution is 2.38. The topological polar surface area (TPSA) is 35.0 Å². The lowest BCUT2D eigenvalue weighted by Crippen LogP contribution is -2.32. The van der Waals surface area contributed by atoms with Crippen molar-refractivity contribution in [2.75, 3.05) is 6.61 Å². The van der Waals surface area contributed by atoms with Crippen LogP contribution in [0.3, 0.4) is 0 Å². The molecule has 0 aromatic carbocycles. The largest absolute Gasteiger partial charge is 0.367 e. The summed E-state index contributed by atoms with van der Waals surface area (Å²) in [5, 5.41) is 0.566. The van der Waals surface area contributed by atoms with Gasteiger partial charge >= 0.3 is 0 Å². The van der Waals surface area contributed by atoms with E-state index in [1.54, 1.807) is 0 Å². The minimum absolute atomic E-state index is 0.330. The summed E-state index contributed by atoms with van der Waals surface area (Å²) in [5.74, 6) is 0.795. The predicted octanol–water partition coefficient (Wildman–Crippen LogP) is 4.88. The third kappa shape index (κ3) is 3.45. The van der Waals surface area contributed by atoms with Crippen molar-refractivity contribution < 1.29 is 4.74 Å². The number of aromatic nitrogens is 2. The van der Waals surface area contributed by atoms with E-state index in [0.717, 1.165) is 34.4 Å². The molecule has 3 nitrogen and oxygen atoms in total. The maximum absolute atomic E-state index is 6.31. The van der Waals surface area contributed by atoms with Crippen LogP contribution in [-0.2, 0) is 16.8 Å². The summed E-state index contributed by atoms with van der Waals surface area (Å²) in [6.45, 7) is 4.83. The number of aryl methyl sites for hydroxylation is 1. The Kier molecular flexibility index (Phi) is 6.05. The lowest BCUT2D eigenvalue weighted by Gasteiger charge is -2.31. The number of halogens is 2. The van der Waals surface area contributed by atoms with E-state index in [4.69, 9.17) is 21.3 Å². The normalized spacial score (nSPS) is 18.8. The number of hydrogen-bond acceptors (Lipinski definition) is 3. The third-order valence-electron chi connectivity index (χ3n) is 3.95. The molecule has 1 aliphatic rings. The molecular weight excluding hydrogens is 387 g/mol. The maximum Gasteiger partial charge on any atom is 0.162 e. The number of ether oxygens (including phenoxy) is 1. The summed E-state index contributed by atoms with van der Waals surface area (Å²) in [5.41, 5.74) is 0.701. The number of hydrogen-bond donors (Lipinski definition) is 0. The SMILES string of the molecule is CCOC1(c2nc(Cl)c(I)c(CC)n2)CCCCCC1. The van der Waals surface area contributed by atoms with Crippen molar-refractivity contribution in [2.24, 2.45) is 0 Å². The smallest absolute Gasteiger partial charge is 0.162 e. The minimum Gasteiger partial charge on any atom is -0.367 e. The van der Waals surface area contributed by atoms with Gasteiger partial charge in [0.1, 0.15) is 10.8 Å². The fraction of sp³-hybridized carbons (Fsp3) is 0.733. The Bertz CT molecular complexity index is 459. The first kappa shape index (κ1) is 16.4. The van der Waals surface area contributed by atoms with Gasteiger partial charge in [-0.3, -0.25) is 0 Å². The van der Waals surface area contributed by atoms with Crippen molar-refractivity contribution in [3.05, 3.63) is 20.2 Å². The first-order chi connectivity index (χ1) is 9.63. The summed E-state index contributed by atoms with van der Waals surface area (Å²) in [6, 6.07) is 0. The van der Waals surface area contributed by atoms with Crippen LogP contribution in [0.2, 0.25) is 5.15 Å². The van der Waals surface area contributed by atoms with E-state index in [1.807, 2.05) is 6.92 Å². The molecule has 0 radical (unpaired) electrons. The van der Waals surface area contributed by atoms with Crippen molar-refractivity contribution >= 4 is 34.2 Å². The monoisotopic (exact) mass is 408 g/mol. The second kappa shape index (κ2) is 7.36. The van der Waals surface area contributed by atoms with E-state index in [-0.39, 0.29) is 5.60 Å². The summed E-state index contributed by atoms with van der Waals surface area (Å²) < 4.78 is 7.11. The second-order valence-electron chi connectivity index (χ2n) is 5.29. The predicted molar refractivity (Wildman–Crippen MR) is 90.1 cm³/mol. The van der Waals surface area contributed by atoms with Crippen molar-refractivity contribution in [2.45, 2.75) is 64.4 Å². The van der Waals surface area contributed by atoms with Crippen LogP contribution in [0.1, 0.15) is 63.9 Å². The van der Waals surface area contributed by atoms with Crippen molar-refractivity contribution in [1.82, 2.24) is 9.97 Å². The average molecular weight is 409 g/mol. The van der Waals surface area contributed by atoms with E-state index in [9.17, 15) is 0 Å².